The smallest absolute Gasteiger partial charge is 0.0468 e. The van der Waals surface area contributed by atoms with E-state index in [0.717, 1.165) is 49.0 Å². The van der Waals surface area contributed by atoms with Gasteiger partial charge in [0.2, 0.25) is 0 Å². The van der Waals surface area contributed by atoms with E-state index < -0.39 is 0 Å². The Morgan fingerprint density at radius 1 is 0.465 bits per heavy atom. The van der Waals surface area contributed by atoms with Gasteiger partial charge in [-0.3, -0.25) is 0 Å². The van der Waals surface area contributed by atoms with Gasteiger partial charge in [0.05, 0.1) is 0 Å². The number of ether oxygens (including phenoxy) is 1. The highest BCUT2D eigenvalue weighted by atomic mass is 16.5. The van der Waals surface area contributed by atoms with Crippen molar-refractivity contribution < 1.29 is 4.74 Å². The maximum atomic E-state index is 5.25. The van der Waals surface area contributed by atoms with Crippen LogP contribution in [0.3, 0.4) is 0 Å². The Balaban J connectivity index is -0.000000218. The molecule has 0 aromatic rings. The van der Waals surface area contributed by atoms with Gasteiger partial charge in [0.1, 0.15) is 0 Å². The topological polar surface area (TPSA) is 27.7 Å². The van der Waals surface area contributed by atoms with Gasteiger partial charge in [-0.25, -0.2) is 0 Å². The highest BCUT2D eigenvalue weighted by Gasteiger charge is 2.17. The van der Waals surface area contributed by atoms with E-state index in [4.69, 9.17) is 4.74 Å². The molecule has 4 fully saturated rings. The molecule has 4 saturated heterocycles. The minimum Gasteiger partial charge on any atom is -0.381 e. The lowest BCUT2D eigenvalue weighted by molar-refractivity contribution is 0.0523. The van der Waals surface area contributed by atoms with Crippen LogP contribution in [0.2, 0.25) is 0 Å². The van der Waals surface area contributed by atoms with Gasteiger partial charge >= 0.3 is 0 Å². The van der Waals surface area contributed by atoms with Crippen LogP contribution >= 0.6 is 0 Å². The Morgan fingerprint density at radius 3 is 1.00 bits per heavy atom. The number of hydrogen-bond donors (Lipinski definition) is 1. The number of hydrogen-bond acceptors (Lipinski definition) is 4. The predicted molar refractivity (Wildman–Crippen MR) is 201 cm³/mol. The first-order valence-electron chi connectivity index (χ1n) is 19.5. The highest BCUT2D eigenvalue weighted by molar-refractivity contribution is 4.71. The number of piperidine rings is 2. The number of nitrogens with one attached hydrogen (secondary N) is 1. The fourth-order valence-electron chi connectivity index (χ4n) is 5.59. The Morgan fingerprint density at radius 2 is 0.767 bits per heavy atom. The van der Waals surface area contributed by atoms with E-state index in [1.165, 1.54) is 97.1 Å². The number of likely N-dealkylation sites (tertiary alicyclic amines) is 2. The van der Waals surface area contributed by atoms with Gasteiger partial charge in [-0.2, -0.15) is 0 Å². The minimum absolute atomic E-state index is 0.769. The summed E-state index contributed by atoms with van der Waals surface area (Å²) in [5.41, 5.74) is 0. The summed E-state index contributed by atoms with van der Waals surface area (Å²) in [6.07, 6.45) is 12.4. The zero-order valence-electron chi connectivity index (χ0n) is 33.3. The normalized spacial score (nSPS) is 19.3. The summed E-state index contributed by atoms with van der Waals surface area (Å²) in [5.74, 6) is 3.67. The molecule has 0 aliphatic carbocycles. The van der Waals surface area contributed by atoms with E-state index in [1.807, 2.05) is 55.4 Å². The summed E-state index contributed by atoms with van der Waals surface area (Å²) in [4.78, 5) is 5.09. The molecule has 0 atom stereocenters. The van der Waals surface area contributed by atoms with Gasteiger partial charge in [0.15, 0.2) is 0 Å². The molecule has 4 rings (SSSR count). The van der Waals surface area contributed by atoms with Gasteiger partial charge in [-0.1, -0.05) is 89.5 Å². The molecule has 43 heavy (non-hydrogen) atoms. The van der Waals surface area contributed by atoms with E-state index in [0.29, 0.717) is 0 Å². The SMILES string of the molecule is CC.CC.CC.CC.CC(C)C1CCNCC1.CC(C)C1CCOCC1.CC(C)N1CCCC1.CC(C)N1CCCCC1. The van der Waals surface area contributed by atoms with Crippen LogP contribution in [0.1, 0.15) is 169 Å². The van der Waals surface area contributed by atoms with Crippen molar-refractivity contribution in [2.75, 3.05) is 52.5 Å². The Hall–Kier alpha value is -0.160. The summed E-state index contributed by atoms with van der Waals surface area (Å²) >= 11 is 0. The minimum atomic E-state index is 0.769. The molecule has 4 aliphatic heterocycles. The molecule has 0 spiro atoms. The third kappa shape index (κ3) is 30.3. The van der Waals surface area contributed by atoms with Crippen LogP contribution in [0.4, 0.5) is 0 Å². The van der Waals surface area contributed by atoms with Gasteiger partial charge in [0.25, 0.3) is 0 Å². The second-order valence-corrected chi connectivity index (χ2v) is 12.6. The summed E-state index contributed by atoms with van der Waals surface area (Å²) in [5, 5.41) is 3.37. The molecule has 0 amide bonds. The van der Waals surface area contributed by atoms with Crippen LogP contribution in [0, 0.1) is 23.7 Å². The average Bonchev–Trinajstić information content (AvgIpc) is 3.63. The summed E-state index contributed by atoms with van der Waals surface area (Å²) < 4.78 is 5.25. The van der Waals surface area contributed by atoms with Crippen LogP contribution in [-0.4, -0.2) is 74.4 Å². The second-order valence-electron chi connectivity index (χ2n) is 12.6. The second kappa shape index (κ2) is 38.0. The van der Waals surface area contributed by atoms with Crippen molar-refractivity contribution in [1.82, 2.24) is 15.1 Å². The molecule has 0 aromatic carbocycles. The van der Waals surface area contributed by atoms with Crippen molar-refractivity contribution in [2.24, 2.45) is 23.7 Å². The van der Waals surface area contributed by atoms with Crippen molar-refractivity contribution in [1.29, 1.82) is 0 Å². The van der Waals surface area contributed by atoms with Crippen molar-refractivity contribution in [2.45, 2.75) is 181 Å². The van der Waals surface area contributed by atoms with Crippen molar-refractivity contribution in [3.8, 4) is 0 Å². The highest BCUT2D eigenvalue weighted by Crippen LogP contribution is 2.22. The molecular weight excluding hydrogens is 526 g/mol. The Labute approximate surface area is 276 Å². The molecule has 266 valence electrons. The van der Waals surface area contributed by atoms with Crippen LogP contribution < -0.4 is 5.32 Å². The fraction of sp³-hybridized carbons (Fsp3) is 1.00. The maximum Gasteiger partial charge on any atom is 0.0468 e. The molecule has 0 radical (unpaired) electrons. The van der Waals surface area contributed by atoms with E-state index in [9.17, 15) is 0 Å². The third-order valence-electron chi connectivity index (χ3n) is 8.53. The first-order chi connectivity index (χ1) is 20.7. The van der Waals surface area contributed by atoms with Crippen molar-refractivity contribution in [3.05, 3.63) is 0 Å². The van der Waals surface area contributed by atoms with E-state index in [-0.39, 0.29) is 0 Å². The Kier molecular flexibility index (Phi) is 44.0. The molecule has 0 unspecified atom stereocenters. The lowest BCUT2D eigenvalue weighted by Crippen LogP contribution is -2.35. The van der Waals surface area contributed by atoms with Crippen LogP contribution in [0.15, 0.2) is 0 Å². The molecule has 4 nitrogen and oxygen atoms in total. The van der Waals surface area contributed by atoms with Crippen molar-refractivity contribution in [3.63, 3.8) is 0 Å². The summed E-state index contributed by atoms with van der Waals surface area (Å²) in [6.45, 7) is 44.1. The van der Waals surface area contributed by atoms with E-state index >= 15 is 0 Å². The standard InChI is InChI=1S/2C8H17N.C8H16O.C7H15N.4C2H6/c1-7(2)8-3-5-9-6-4-8;1-8(2)9-6-4-3-5-7-9;1-7(2)8-3-5-9-6-4-8;1-7(2)8-5-3-4-6-8;4*1-2/h7-9H,3-6H2,1-2H3;8H,3-7H2,1-2H3;7-8H,3-6H2,1-2H3;7H,3-6H2,1-2H3;4*1-2H3. The van der Waals surface area contributed by atoms with Crippen LogP contribution in [0.5, 0.6) is 0 Å². The quantitative estimate of drug-likeness (QED) is 0.340. The van der Waals surface area contributed by atoms with Gasteiger partial charge in [-0.15, -0.1) is 0 Å². The molecule has 1 N–H and O–H groups in total. The van der Waals surface area contributed by atoms with Gasteiger partial charge in [-0.05, 0) is 142 Å². The first kappa shape index (κ1) is 49.7. The first-order valence-corrected chi connectivity index (χ1v) is 19.5. The monoisotopic (exact) mass is 616 g/mol. The average molecular weight is 616 g/mol. The zero-order valence-corrected chi connectivity index (χ0v) is 33.3. The van der Waals surface area contributed by atoms with Crippen LogP contribution in [-0.2, 0) is 4.74 Å². The largest absolute Gasteiger partial charge is 0.381 e. The number of rotatable bonds is 4. The molecule has 4 heteroatoms. The van der Waals surface area contributed by atoms with Crippen LogP contribution in [0.25, 0.3) is 0 Å². The maximum absolute atomic E-state index is 5.25. The van der Waals surface area contributed by atoms with E-state index in [2.05, 4.69) is 70.5 Å². The molecule has 0 bridgehead atoms. The molecule has 0 saturated carbocycles. The molecule has 4 aliphatic rings. The summed E-state index contributed by atoms with van der Waals surface area (Å²) in [6, 6.07) is 1.54. The third-order valence-corrected chi connectivity index (χ3v) is 8.53. The van der Waals surface area contributed by atoms with Crippen molar-refractivity contribution >= 4 is 0 Å². The predicted octanol–water partition coefficient (Wildman–Crippen LogP) is 11.2. The summed E-state index contributed by atoms with van der Waals surface area (Å²) in [7, 11) is 0. The fourth-order valence-corrected chi connectivity index (χ4v) is 5.59. The Bertz CT molecular complexity index is 405. The molecule has 4 heterocycles. The van der Waals surface area contributed by atoms with E-state index in [1.54, 1.807) is 0 Å². The number of nitrogens with zero attached hydrogens (tertiary/aromatic N) is 2. The van der Waals surface area contributed by atoms with Gasteiger partial charge in [0, 0.05) is 25.3 Å². The zero-order chi connectivity index (χ0) is 34.1. The molecular formula is C39H89N3O. The lowest BCUT2D eigenvalue weighted by atomic mass is 9.87. The molecule has 0 aromatic heterocycles. The van der Waals surface area contributed by atoms with Gasteiger partial charge < -0.3 is 19.9 Å². The lowest BCUT2D eigenvalue weighted by Gasteiger charge is -2.29.